The molecule has 0 heterocycles. The Balaban J connectivity index is 2.30. The third-order valence-electron chi connectivity index (χ3n) is 2.96. The van der Waals surface area contributed by atoms with E-state index in [4.69, 9.17) is 5.73 Å². The highest BCUT2D eigenvalue weighted by molar-refractivity contribution is 7.99. The molecule has 0 saturated heterocycles. The monoisotopic (exact) mass is 298 g/mol. The molecule has 21 heavy (non-hydrogen) atoms. The number of urea groups is 1. The van der Waals surface area contributed by atoms with E-state index in [0.717, 1.165) is 21.9 Å². The number of anilines is 1. The van der Waals surface area contributed by atoms with E-state index in [0.29, 0.717) is 6.54 Å². The summed E-state index contributed by atoms with van der Waals surface area (Å²) in [5.41, 5.74) is 7.45. The SMILES string of the molecule is C=CCSc1ccccc1N(Cc1ccccc1)C(N)=O. The quantitative estimate of drug-likeness (QED) is 0.646. The summed E-state index contributed by atoms with van der Waals surface area (Å²) < 4.78 is 0. The highest BCUT2D eigenvalue weighted by atomic mass is 32.2. The van der Waals surface area contributed by atoms with Gasteiger partial charge in [-0.05, 0) is 17.7 Å². The molecule has 0 bridgehead atoms. The van der Waals surface area contributed by atoms with Crippen molar-refractivity contribution in [3.05, 3.63) is 72.8 Å². The molecule has 3 nitrogen and oxygen atoms in total. The lowest BCUT2D eigenvalue weighted by Gasteiger charge is -2.23. The molecule has 108 valence electrons. The van der Waals surface area contributed by atoms with E-state index >= 15 is 0 Å². The Morgan fingerprint density at radius 1 is 1.14 bits per heavy atom. The summed E-state index contributed by atoms with van der Waals surface area (Å²) in [4.78, 5) is 14.5. The molecule has 2 aromatic rings. The highest BCUT2D eigenvalue weighted by Gasteiger charge is 2.16. The van der Waals surface area contributed by atoms with Crippen molar-refractivity contribution in [1.29, 1.82) is 0 Å². The summed E-state index contributed by atoms with van der Waals surface area (Å²) in [6.45, 7) is 4.19. The molecule has 4 heteroatoms. The number of carbonyl (C=O) groups excluding carboxylic acids is 1. The van der Waals surface area contributed by atoms with Crippen LogP contribution in [0.5, 0.6) is 0 Å². The summed E-state index contributed by atoms with van der Waals surface area (Å²) >= 11 is 1.64. The van der Waals surface area contributed by atoms with Gasteiger partial charge in [0.25, 0.3) is 0 Å². The van der Waals surface area contributed by atoms with E-state index in [1.807, 2.05) is 60.7 Å². The molecule has 0 aliphatic heterocycles. The largest absolute Gasteiger partial charge is 0.351 e. The van der Waals surface area contributed by atoms with Gasteiger partial charge in [-0.2, -0.15) is 0 Å². The zero-order chi connectivity index (χ0) is 15.1. The standard InChI is InChI=1S/C17H18N2OS/c1-2-12-21-16-11-7-6-10-15(16)19(17(18)20)13-14-8-4-3-5-9-14/h2-11H,1,12-13H2,(H2,18,20). The zero-order valence-corrected chi connectivity index (χ0v) is 12.6. The molecule has 0 unspecified atom stereocenters. The Bertz CT molecular complexity index is 613. The van der Waals surface area contributed by atoms with Crippen molar-refractivity contribution in [2.75, 3.05) is 10.7 Å². The number of carbonyl (C=O) groups is 1. The average molecular weight is 298 g/mol. The van der Waals surface area contributed by atoms with Gasteiger partial charge in [0.1, 0.15) is 0 Å². The van der Waals surface area contributed by atoms with Crippen molar-refractivity contribution < 1.29 is 4.79 Å². The number of thioether (sulfide) groups is 1. The van der Waals surface area contributed by atoms with Gasteiger partial charge in [-0.1, -0.05) is 48.5 Å². The molecule has 2 N–H and O–H groups in total. The summed E-state index contributed by atoms with van der Waals surface area (Å²) in [5, 5.41) is 0. The number of para-hydroxylation sites is 1. The van der Waals surface area contributed by atoms with Gasteiger partial charge in [0.05, 0.1) is 12.2 Å². The molecule has 0 aliphatic rings. The number of hydrogen-bond donors (Lipinski definition) is 1. The van der Waals surface area contributed by atoms with Crippen LogP contribution in [0.4, 0.5) is 10.5 Å². The first-order valence-electron chi connectivity index (χ1n) is 6.66. The van der Waals surface area contributed by atoms with Crippen LogP contribution in [0.15, 0.2) is 72.1 Å². The van der Waals surface area contributed by atoms with Gasteiger partial charge in [0.15, 0.2) is 0 Å². The third-order valence-corrected chi connectivity index (χ3v) is 4.02. The van der Waals surface area contributed by atoms with Crippen molar-refractivity contribution in [2.24, 2.45) is 5.73 Å². The van der Waals surface area contributed by atoms with Gasteiger partial charge in [-0.15, -0.1) is 18.3 Å². The Hall–Kier alpha value is -2.20. The second kappa shape index (κ2) is 7.55. The number of rotatable bonds is 6. The average Bonchev–Trinajstić information content (AvgIpc) is 2.52. The molecular weight excluding hydrogens is 280 g/mol. The smallest absolute Gasteiger partial charge is 0.319 e. The highest BCUT2D eigenvalue weighted by Crippen LogP contribution is 2.31. The Labute approximate surface area is 129 Å². The lowest BCUT2D eigenvalue weighted by atomic mass is 10.2. The molecule has 0 fully saturated rings. The van der Waals surface area contributed by atoms with Crippen LogP contribution in [-0.4, -0.2) is 11.8 Å². The summed E-state index contributed by atoms with van der Waals surface area (Å²) in [7, 11) is 0. The van der Waals surface area contributed by atoms with E-state index in [9.17, 15) is 4.79 Å². The third kappa shape index (κ3) is 4.13. The molecular formula is C17H18N2OS. The number of hydrogen-bond acceptors (Lipinski definition) is 2. The molecule has 0 atom stereocenters. The number of benzene rings is 2. The zero-order valence-electron chi connectivity index (χ0n) is 11.7. The Morgan fingerprint density at radius 3 is 2.48 bits per heavy atom. The van der Waals surface area contributed by atoms with Crippen LogP contribution < -0.4 is 10.6 Å². The normalized spacial score (nSPS) is 10.1. The van der Waals surface area contributed by atoms with Gasteiger partial charge in [-0.3, -0.25) is 4.90 Å². The first-order chi connectivity index (χ1) is 10.2. The molecule has 0 radical (unpaired) electrons. The molecule has 2 aromatic carbocycles. The van der Waals surface area contributed by atoms with Crippen molar-refractivity contribution in [3.63, 3.8) is 0 Å². The number of amides is 2. The van der Waals surface area contributed by atoms with Crippen LogP contribution >= 0.6 is 11.8 Å². The van der Waals surface area contributed by atoms with Crippen molar-refractivity contribution >= 4 is 23.5 Å². The molecule has 0 aromatic heterocycles. The van der Waals surface area contributed by atoms with Crippen molar-refractivity contribution in [3.8, 4) is 0 Å². The summed E-state index contributed by atoms with van der Waals surface area (Å²) in [6, 6.07) is 17.1. The van der Waals surface area contributed by atoms with Gasteiger partial charge in [-0.25, -0.2) is 4.79 Å². The fourth-order valence-corrected chi connectivity index (χ4v) is 2.80. The number of nitrogens with zero attached hydrogens (tertiary/aromatic N) is 1. The first kappa shape index (κ1) is 15.2. The van der Waals surface area contributed by atoms with E-state index in [-0.39, 0.29) is 0 Å². The second-order valence-corrected chi connectivity index (χ2v) is 5.54. The van der Waals surface area contributed by atoms with E-state index < -0.39 is 6.03 Å². The molecule has 2 rings (SSSR count). The summed E-state index contributed by atoms with van der Waals surface area (Å²) in [6.07, 6.45) is 1.84. The predicted octanol–water partition coefficient (Wildman–Crippen LogP) is 4.05. The number of primary amides is 1. The van der Waals surface area contributed by atoms with Crippen molar-refractivity contribution in [1.82, 2.24) is 0 Å². The maximum absolute atomic E-state index is 11.8. The fraction of sp³-hybridized carbons (Fsp3) is 0.118. The van der Waals surface area contributed by atoms with Gasteiger partial charge >= 0.3 is 6.03 Å². The van der Waals surface area contributed by atoms with Crippen LogP contribution in [0.2, 0.25) is 0 Å². The molecule has 2 amide bonds. The van der Waals surface area contributed by atoms with Gasteiger partial charge in [0, 0.05) is 10.6 Å². The molecule has 0 aliphatic carbocycles. The topological polar surface area (TPSA) is 46.3 Å². The Kier molecular flexibility index (Phi) is 5.46. The lowest BCUT2D eigenvalue weighted by Crippen LogP contribution is -2.35. The minimum Gasteiger partial charge on any atom is -0.351 e. The van der Waals surface area contributed by atoms with Crippen LogP contribution in [0, 0.1) is 0 Å². The van der Waals surface area contributed by atoms with E-state index in [1.54, 1.807) is 16.7 Å². The maximum atomic E-state index is 11.8. The Morgan fingerprint density at radius 2 is 1.81 bits per heavy atom. The van der Waals surface area contributed by atoms with Crippen LogP contribution in [0.3, 0.4) is 0 Å². The predicted molar refractivity (Wildman–Crippen MR) is 89.6 cm³/mol. The van der Waals surface area contributed by atoms with Crippen LogP contribution in [0.25, 0.3) is 0 Å². The number of nitrogens with two attached hydrogens (primary N) is 1. The second-order valence-electron chi connectivity index (χ2n) is 4.48. The van der Waals surface area contributed by atoms with E-state index in [2.05, 4.69) is 6.58 Å². The van der Waals surface area contributed by atoms with Gasteiger partial charge in [0.2, 0.25) is 0 Å². The van der Waals surface area contributed by atoms with Crippen LogP contribution in [-0.2, 0) is 6.54 Å². The molecule has 0 saturated carbocycles. The lowest BCUT2D eigenvalue weighted by molar-refractivity contribution is 0.253. The van der Waals surface area contributed by atoms with Crippen LogP contribution in [0.1, 0.15) is 5.56 Å². The maximum Gasteiger partial charge on any atom is 0.319 e. The minimum absolute atomic E-state index is 0.453. The fourth-order valence-electron chi connectivity index (χ4n) is 2.00. The van der Waals surface area contributed by atoms with E-state index in [1.165, 1.54) is 0 Å². The molecule has 0 spiro atoms. The minimum atomic E-state index is -0.453. The van der Waals surface area contributed by atoms with Crippen molar-refractivity contribution in [2.45, 2.75) is 11.4 Å². The van der Waals surface area contributed by atoms with Gasteiger partial charge < -0.3 is 5.73 Å². The first-order valence-corrected chi connectivity index (χ1v) is 7.64. The summed E-state index contributed by atoms with van der Waals surface area (Å²) in [5.74, 6) is 0.787.